The number of likely N-dealkylation sites (N-methyl/N-ethyl adjacent to an activating group) is 1. The molecule has 1 rings (SSSR count). The van der Waals surface area contributed by atoms with Crippen molar-refractivity contribution in [3.05, 3.63) is 15.8 Å². The van der Waals surface area contributed by atoms with Crippen molar-refractivity contribution < 1.29 is 9.66 Å². The summed E-state index contributed by atoms with van der Waals surface area (Å²) in [5.41, 5.74) is 0.274. The van der Waals surface area contributed by atoms with Gasteiger partial charge in [0.05, 0.1) is 11.5 Å². The number of hydrogen-bond donors (Lipinski definition) is 1. The minimum atomic E-state index is -0.455. The molecule has 1 aromatic rings. The number of anilines is 2. The van der Waals surface area contributed by atoms with E-state index in [1.807, 2.05) is 6.92 Å². The molecule has 19 heavy (non-hydrogen) atoms. The van der Waals surface area contributed by atoms with Crippen LogP contribution in [-0.4, -0.2) is 48.7 Å². The molecule has 0 aromatic carbocycles. The van der Waals surface area contributed by atoms with Gasteiger partial charge < -0.3 is 15.0 Å². The van der Waals surface area contributed by atoms with Crippen molar-refractivity contribution in [2.45, 2.75) is 13.8 Å². The Bertz CT molecular complexity index is 452. The van der Waals surface area contributed by atoms with E-state index in [1.54, 1.807) is 26.0 Å². The molecule has 0 atom stereocenters. The summed E-state index contributed by atoms with van der Waals surface area (Å²) in [7, 11) is 3.32. The van der Waals surface area contributed by atoms with Crippen LogP contribution in [0.4, 0.5) is 17.5 Å². The molecule has 0 radical (unpaired) electrons. The van der Waals surface area contributed by atoms with Crippen molar-refractivity contribution in [3.63, 3.8) is 0 Å². The molecular weight excluding hydrogens is 250 g/mol. The minimum absolute atomic E-state index is 0.0692. The van der Waals surface area contributed by atoms with Gasteiger partial charge in [-0.1, -0.05) is 0 Å². The number of methoxy groups -OCH3 is 1. The number of nitro groups is 1. The van der Waals surface area contributed by atoms with Crippen LogP contribution in [-0.2, 0) is 4.74 Å². The monoisotopic (exact) mass is 269 g/mol. The van der Waals surface area contributed by atoms with E-state index >= 15 is 0 Å². The van der Waals surface area contributed by atoms with Gasteiger partial charge in [-0.2, -0.15) is 4.98 Å². The van der Waals surface area contributed by atoms with Gasteiger partial charge in [-0.25, -0.2) is 4.98 Å². The average Bonchev–Trinajstić information content (AvgIpc) is 2.35. The molecule has 0 unspecified atom stereocenters. The quantitative estimate of drug-likeness (QED) is 0.587. The van der Waals surface area contributed by atoms with Gasteiger partial charge >= 0.3 is 5.69 Å². The molecule has 0 bridgehead atoms. The number of aryl methyl sites for hydroxylation is 1. The van der Waals surface area contributed by atoms with E-state index in [-0.39, 0.29) is 5.69 Å². The fourth-order valence-corrected chi connectivity index (χ4v) is 1.60. The summed E-state index contributed by atoms with van der Waals surface area (Å²) in [5.74, 6) is 0.690. The van der Waals surface area contributed by atoms with Crippen molar-refractivity contribution in [2.75, 3.05) is 44.1 Å². The first-order valence-electron chi connectivity index (χ1n) is 5.98. The maximum Gasteiger partial charge on any atom is 0.332 e. The maximum absolute atomic E-state index is 11.1. The molecule has 0 saturated carbocycles. The van der Waals surface area contributed by atoms with E-state index in [9.17, 15) is 10.1 Å². The Morgan fingerprint density at radius 3 is 2.68 bits per heavy atom. The molecule has 0 aliphatic carbocycles. The lowest BCUT2D eigenvalue weighted by Crippen LogP contribution is -2.25. The average molecular weight is 269 g/mol. The van der Waals surface area contributed by atoms with E-state index in [1.165, 1.54) is 0 Å². The van der Waals surface area contributed by atoms with Crippen LogP contribution in [0.3, 0.4) is 0 Å². The van der Waals surface area contributed by atoms with Crippen LogP contribution >= 0.6 is 0 Å². The fourth-order valence-electron chi connectivity index (χ4n) is 1.60. The molecular formula is C11H19N5O3. The zero-order chi connectivity index (χ0) is 14.4. The Balaban J connectivity index is 3.19. The van der Waals surface area contributed by atoms with Crippen LogP contribution in [0.15, 0.2) is 0 Å². The number of nitrogens with one attached hydrogen (secondary N) is 1. The Morgan fingerprint density at radius 1 is 1.47 bits per heavy atom. The Hall–Kier alpha value is -1.96. The smallest absolute Gasteiger partial charge is 0.332 e. The van der Waals surface area contributed by atoms with E-state index < -0.39 is 4.92 Å². The van der Waals surface area contributed by atoms with Crippen LogP contribution in [0.1, 0.15) is 12.6 Å². The van der Waals surface area contributed by atoms with Crippen LogP contribution < -0.4 is 10.2 Å². The zero-order valence-electron chi connectivity index (χ0n) is 11.6. The molecule has 8 nitrogen and oxygen atoms in total. The van der Waals surface area contributed by atoms with E-state index in [2.05, 4.69) is 15.3 Å². The molecule has 0 aliphatic rings. The van der Waals surface area contributed by atoms with Crippen molar-refractivity contribution >= 4 is 17.5 Å². The summed E-state index contributed by atoms with van der Waals surface area (Å²) in [6.07, 6.45) is 0. The topological polar surface area (TPSA) is 93.4 Å². The number of ether oxygens (including phenoxy) is 1. The largest absolute Gasteiger partial charge is 0.383 e. The van der Waals surface area contributed by atoms with Crippen LogP contribution in [0.25, 0.3) is 0 Å². The van der Waals surface area contributed by atoms with Gasteiger partial charge in [0.2, 0.25) is 11.8 Å². The summed E-state index contributed by atoms with van der Waals surface area (Å²) >= 11 is 0. The summed E-state index contributed by atoms with van der Waals surface area (Å²) in [5, 5.41) is 14.1. The summed E-state index contributed by atoms with van der Waals surface area (Å²) in [6, 6.07) is 0. The Kier molecular flexibility index (Phi) is 5.43. The number of rotatable bonds is 7. The lowest BCUT2D eigenvalue weighted by Gasteiger charge is -2.18. The SMILES string of the molecule is CCNc1nc(C)c([N+](=O)[O-])c(N(C)CCOC)n1. The van der Waals surface area contributed by atoms with E-state index in [0.29, 0.717) is 37.2 Å². The molecule has 1 heterocycles. The van der Waals surface area contributed by atoms with Gasteiger partial charge in [-0.05, 0) is 13.8 Å². The molecule has 0 aliphatic heterocycles. The molecule has 1 aromatic heterocycles. The van der Waals surface area contributed by atoms with Crippen LogP contribution in [0, 0.1) is 17.0 Å². The highest BCUT2D eigenvalue weighted by Crippen LogP contribution is 2.28. The number of hydrogen-bond acceptors (Lipinski definition) is 7. The molecule has 8 heteroatoms. The summed E-state index contributed by atoms with van der Waals surface area (Å²) < 4.78 is 4.97. The molecule has 0 spiro atoms. The predicted molar refractivity (Wildman–Crippen MR) is 72.7 cm³/mol. The third-order valence-corrected chi connectivity index (χ3v) is 2.55. The van der Waals surface area contributed by atoms with Gasteiger partial charge in [0.1, 0.15) is 5.69 Å². The number of nitrogens with zero attached hydrogens (tertiary/aromatic N) is 4. The van der Waals surface area contributed by atoms with Crippen LogP contribution in [0.5, 0.6) is 0 Å². The van der Waals surface area contributed by atoms with E-state index in [4.69, 9.17) is 4.74 Å². The first kappa shape index (κ1) is 15.1. The normalized spacial score (nSPS) is 10.3. The minimum Gasteiger partial charge on any atom is -0.383 e. The Morgan fingerprint density at radius 2 is 2.16 bits per heavy atom. The molecule has 0 amide bonds. The zero-order valence-corrected chi connectivity index (χ0v) is 11.6. The first-order chi connectivity index (χ1) is 9.01. The fraction of sp³-hybridized carbons (Fsp3) is 0.636. The lowest BCUT2D eigenvalue weighted by molar-refractivity contribution is -0.385. The molecule has 0 fully saturated rings. The molecule has 106 valence electrons. The Labute approximate surface area is 112 Å². The molecule has 1 N–H and O–H groups in total. The third kappa shape index (κ3) is 3.75. The van der Waals surface area contributed by atoms with Crippen molar-refractivity contribution in [3.8, 4) is 0 Å². The standard InChI is InChI=1S/C11H19N5O3/c1-5-12-11-13-8(2)9(16(17)18)10(14-11)15(3)6-7-19-4/h5-7H2,1-4H3,(H,12,13,14). The van der Waals surface area contributed by atoms with Gasteiger partial charge in [-0.15, -0.1) is 0 Å². The highest BCUT2D eigenvalue weighted by Gasteiger charge is 2.24. The van der Waals surface area contributed by atoms with Gasteiger partial charge in [-0.3, -0.25) is 10.1 Å². The van der Waals surface area contributed by atoms with Gasteiger partial charge in [0.25, 0.3) is 0 Å². The van der Waals surface area contributed by atoms with Crippen molar-refractivity contribution in [2.24, 2.45) is 0 Å². The van der Waals surface area contributed by atoms with E-state index in [0.717, 1.165) is 0 Å². The highest BCUT2D eigenvalue weighted by molar-refractivity contribution is 5.62. The summed E-state index contributed by atoms with van der Waals surface area (Å²) in [4.78, 5) is 20.7. The highest BCUT2D eigenvalue weighted by atomic mass is 16.6. The van der Waals surface area contributed by atoms with Crippen molar-refractivity contribution in [1.29, 1.82) is 0 Å². The van der Waals surface area contributed by atoms with Gasteiger partial charge in [0, 0.05) is 27.2 Å². The van der Waals surface area contributed by atoms with Crippen molar-refractivity contribution in [1.82, 2.24) is 9.97 Å². The maximum atomic E-state index is 11.1. The van der Waals surface area contributed by atoms with Gasteiger partial charge in [0.15, 0.2) is 0 Å². The lowest BCUT2D eigenvalue weighted by atomic mass is 10.3. The second kappa shape index (κ2) is 6.83. The second-order valence-electron chi connectivity index (χ2n) is 4.01. The number of aromatic nitrogens is 2. The first-order valence-corrected chi connectivity index (χ1v) is 5.98. The molecule has 0 saturated heterocycles. The third-order valence-electron chi connectivity index (χ3n) is 2.55. The second-order valence-corrected chi connectivity index (χ2v) is 4.01. The predicted octanol–water partition coefficient (Wildman–Crippen LogP) is 1.21. The summed E-state index contributed by atoms with van der Waals surface area (Å²) in [6.45, 7) is 5.15. The van der Waals surface area contributed by atoms with Crippen LogP contribution in [0.2, 0.25) is 0 Å².